The molecule has 281 valence electrons. The Balaban J connectivity index is 0.000000172. The van der Waals surface area contributed by atoms with Crippen LogP contribution in [-0.4, -0.2) is 9.97 Å². The summed E-state index contributed by atoms with van der Waals surface area (Å²) >= 11 is 0. The Morgan fingerprint density at radius 3 is 2.21 bits per heavy atom. The van der Waals surface area contributed by atoms with Gasteiger partial charge in [0.1, 0.15) is 11.2 Å². The largest absolute Gasteiger partial charge is 0.501 e. The van der Waals surface area contributed by atoms with E-state index in [1.807, 2.05) is 43.6 Å². The molecule has 0 aliphatic heterocycles. The second-order valence-corrected chi connectivity index (χ2v) is 15.4. The van der Waals surface area contributed by atoms with Crippen molar-refractivity contribution in [2.24, 2.45) is 0 Å². The molecular formula is C51H44IrN2O2-2. The summed E-state index contributed by atoms with van der Waals surface area (Å²) in [5.74, 6) is 0.320. The van der Waals surface area contributed by atoms with Crippen LogP contribution in [0.2, 0.25) is 0 Å². The van der Waals surface area contributed by atoms with Crippen LogP contribution < -0.4 is 0 Å². The predicted molar refractivity (Wildman–Crippen MR) is 226 cm³/mol. The minimum Gasteiger partial charge on any atom is -0.501 e. The molecule has 0 amide bonds. The average Bonchev–Trinajstić information content (AvgIpc) is 3.77. The molecule has 0 saturated heterocycles. The van der Waals surface area contributed by atoms with E-state index in [9.17, 15) is 0 Å². The fraction of sp³-hybridized carbons (Fsp3) is 0.216. The van der Waals surface area contributed by atoms with Gasteiger partial charge in [-0.1, -0.05) is 71.8 Å². The van der Waals surface area contributed by atoms with Crippen molar-refractivity contribution in [3.05, 3.63) is 166 Å². The summed E-state index contributed by atoms with van der Waals surface area (Å²) in [6, 6.07) is 38.9. The van der Waals surface area contributed by atoms with Crippen molar-refractivity contribution in [2.45, 2.75) is 73.1 Å². The van der Waals surface area contributed by atoms with Gasteiger partial charge in [-0.2, -0.15) is 0 Å². The zero-order valence-corrected chi connectivity index (χ0v) is 35.2. The molecule has 1 unspecified atom stereocenters. The summed E-state index contributed by atoms with van der Waals surface area (Å²) in [6.07, 6.45) is 8.87. The Kier molecular flexibility index (Phi) is 10.3. The van der Waals surface area contributed by atoms with E-state index in [0.29, 0.717) is 5.92 Å². The van der Waals surface area contributed by atoms with Crippen molar-refractivity contribution in [2.75, 3.05) is 0 Å². The average molecular weight is 909 g/mol. The van der Waals surface area contributed by atoms with E-state index < -0.39 is 0 Å². The van der Waals surface area contributed by atoms with Crippen LogP contribution >= 0.6 is 0 Å². The summed E-state index contributed by atoms with van der Waals surface area (Å²) in [5, 5.41) is 4.55. The summed E-state index contributed by atoms with van der Waals surface area (Å²) in [6.45, 7) is 12.9. The van der Waals surface area contributed by atoms with Gasteiger partial charge >= 0.3 is 0 Å². The van der Waals surface area contributed by atoms with Gasteiger partial charge in [0.2, 0.25) is 0 Å². The molecule has 0 saturated carbocycles. The van der Waals surface area contributed by atoms with Gasteiger partial charge in [0.05, 0.1) is 11.2 Å². The number of benzene rings is 5. The fourth-order valence-electron chi connectivity index (χ4n) is 8.15. The maximum atomic E-state index is 6.22. The Labute approximate surface area is 342 Å². The standard InChI is InChI=1S/C32H30NO.C19H14NO.Ir/c1-19-15-29-28-17-27(11-12-31(28)34-32(29)21(3)20(19)2)30-18-25(13-14-33-30)22(4)24-10-9-23-7-5-6-8-26(23)16-24;1-12-6-8-14-15-4-3-5-16(19(15)21-18(14)10-12)17-9-7-13(2)11-20-17;/h9-10,12-18,22H,5-8H2,1-4H3;3-4,6-11H,1-2H3;/q2*-1;. The molecule has 1 radical (unpaired) electrons. The normalized spacial score (nSPS) is 13.0. The van der Waals surface area contributed by atoms with Gasteiger partial charge in [0.15, 0.2) is 0 Å². The van der Waals surface area contributed by atoms with E-state index in [1.54, 1.807) is 0 Å². The number of hydrogen-bond donors (Lipinski definition) is 0. The van der Waals surface area contributed by atoms with Crippen molar-refractivity contribution in [1.29, 1.82) is 0 Å². The summed E-state index contributed by atoms with van der Waals surface area (Å²) in [7, 11) is 0. The van der Waals surface area contributed by atoms with E-state index in [0.717, 1.165) is 66.6 Å². The van der Waals surface area contributed by atoms with Crippen LogP contribution in [-0.2, 0) is 32.9 Å². The molecule has 0 N–H and O–H groups in total. The third kappa shape index (κ3) is 6.89. The zero-order chi connectivity index (χ0) is 37.8. The molecule has 1 aliphatic rings. The van der Waals surface area contributed by atoms with Crippen molar-refractivity contribution < 1.29 is 28.9 Å². The molecule has 56 heavy (non-hydrogen) atoms. The molecule has 4 aromatic heterocycles. The van der Waals surface area contributed by atoms with E-state index in [2.05, 4.69) is 118 Å². The monoisotopic (exact) mass is 909 g/mol. The first kappa shape index (κ1) is 37.6. The number of rotatable bonds is 4. The second-order valence-electron chi connectivity index (χ2n) is 15.4. The third-order valence-electron chi connectivity index (χ3n) is 11.7. The number of hydrogen-bond acceptors (Lipinski definition) is 4. The van der Waals surface area contributed by atoms with E-state index in [4.69, 9.17) is 13.8 Å². The summed E-state index contributed by atoms with van der Waals surface area (Å²) in [4.78, 5) is 9.21. The van der Waals surface area contributed by atoms with E-state index >= 15 is 0 Å². The molecule has 5 heteroatoms. The quantitative estimate of drug-likeness (QED) is 0.165. The molecule has 1 atom stereocenters. The zero-order valence-electron chi connectivity index (χ0n) is 32.8. The van der Waals surface area contributed by atoms with Crippen molar-refractivity contribution in [3.63, 3.8) is 0 Å². The van der Waals surface area contributed by atoms with E-state index in [-0.39, 0.29) is 20.1 Å². The van der Waals surface area contributed by atoms with Crippen molar-refractivity contribution in [1.82, 2.24) is 9.97 Å². The predicted octanol–water partition coefficient (Wildman–Crippen LogP) is 13.5. The first-order chi connectivity index (χ1) is 26.7. The number of nitrogens with zero attached hydrogens (tertiary/aromatic N) is 2. The molecule has 0 fully saturated rings. The SMILES string of the molecule is Cc1cc2c(oc3c[c-]c(-c4cc(C(C)c5ccc6c(c5)CCCC6)ccn4)cc32)c(C)c1C.Cc1ccc(-c2[c-]ccc3c2oc2cc(C)ccc23)nc1.[Ir]. The topological polar surface area (TPSA) is 52.1 Å². The Hall–Kier alpha value is -5.35. The molecule has 1 aliphatic carbocycles. The van der Waals surface area contributed by atoms with Gasteiger partial charge in [-0.3, -0.25) is 0 Å². The van der Waals surface area contributed by atoms with Crippen LogP contribution in [0.25, 0.3) is 66.4 Å². The van der Waals surface area contributed by atoms with Crippen LogP contribution in [0.3, 0.4) is 0 Å². The number of aromatic nitrogens is 2. The fourth-order valence-corrected chi connectivity index (χ4v) is 8.15. The summed E-state index contributed by atoms with van der Waals surface area (Å²) < 4.78 is 12.3. The van der Waals surface area contributed by atoms with Gasteiger partial charge in [0.25, 0.3) is 0 Å². The minimum atomic E-state index is 0. The van der Waals surface area contributed by atoms with Crippen LogP contribution in [0.1, 0.15) is 75.8 Å². The van der Waals surface area contributed by atoms with Crippen LogP contribution in [0, 0.1) is 46.8 Å². The van der Waals surface area contributed by atoms with Gasteiger partial charge in [0, 0.05) is 49.2 Å². The first-order valence-electron chi connectivity index (χ1n) is 19.4. The number of pyridine rings is 2. The van der Waals surface area contributed by atoms with Crippen LogP contribution in [0.4, 0.5) is 0 Å². The molecular weight excluding hydrogens is 865 g/mol. The van der Waals surface area contributed by atoms with Gasteiger partial charge in [-0.05, 0) is 140 Å². The van der Waals surface area contributed by atoms with Crippen molar-refractivity contribution >= 4 is 43.9 Å². The maximum Gasteiger partial charge on any atom is 0.124 e. The minimum absolute atomic E-state index is 0. The Bertz CT molecular complexity index is 2900. The van der Waals surface area contributed by atoms with Gasteiger partial charge in [-0.25, -0.2) is 0 Å². The molecule has 0 spiro atoms. The molecule has 4 heterocycles. The molecule has 10 rings (SSSR count). The number of aryl methyl sites for hydroxylation is 6. The molecule has 0 bridgehead atoms. The second kappa shape index (κ2) is 15.3. The molecule has 9 aromatic rings. The van der Waals surface area contributed by atoms with E-state index in [1.165, 1.54) is 75.6 Å². The smallest absolute Gasteiger partial charge is 0.124 e. The van der Waals surface area contributed by atoms with Crippen LogP contribution in [0.15, 0.2) is 112 Å². The Morgan fingerprint density at radius 1 is 0.607 bits per heavy atom. The third-order valence-corrected chi connectivity index (χ3v) is 11.7. The first-order valence-corrected chi connectivity index (χ1v) is 19.4. The van der Waals surface area contributed by atoms with Gasteiger partial charge < -0.3 is 18.8 Å². The molecule has 5 aromatic carbocycles. The Morgan fingerprint density at radius 2 is 1.39 bits per heavy atom. The van der Waals surface area contributed by atoms with Crippen LogP contribution in [0.5, 0.6) is 0 Å². The summed E-state index contributed by atoms with van der Waals surface area (Å²) in [5.41, 5.74) is 19.3. The number of furan rings is 2. The van der Waals surface area contributed by atoms with Crippen molar-refractivity contribution in [3.8, 4) is 22.5 Å². The molecule has 4 nitrogen and oxygen atoms in total. The van der Waals surface area contributed by atoms with Gasteiger partial charge in [-0.15, -0.1) is 42.0 Å². The maximum absolute atomic E-state index is 6.22. The number of fused-ring (bicyclic) bond motifs is 7.